The van der Waals surface area contributed by atoms with E-state index in [4.69, 9.17) is 0 Å². The number of hydrogen-bond acceptors (Lipinski definition) is 4. The van der Waals surface area contributed by atoms with Gasteiger partial charge in [-0.2, -0.15) is 23.4 Å². The van der Waals surface area contributed by atoms with Gasteiger partial charge in [-0.1, -0.05) is 0 Å². The maximum absolute atomic E-state index is 13.0. The second-order valence-corrected chi connectivity index (χ2v) is 6.15. The molecule has 4 aromatic rings. The van der Waals surface area contributed by atoms with Gasteiger partial charge in [0.05, 0.1) is 17.4 Å². The summed E-state index contributed by atoms with van der Waals surface area (Å²) >= 11 is 0. The van der Waals surface area contributed by atoms with Crippen LogP contribution in [0.4, 0.5) is 13.2 Å². The molecule has 27 heavy (non-hydrogen) atoms. The highest BCUT2D eigenvalue weighted by Crippen LogP contribution is 2.33. The third-order valence-corrected chi connectivity index (χ3v) is 4.40. The van der Waals surface area contributed by atoms with Crippen LogP contribution in [-0.4, -0.2) is 34.1 Å². The lowest BCUT2D eigenvalue weighted by Gasteiger charge is -2.02. The molecule has 0 saturated carbocycles. The van der Waals surface area contributed by atoms with Crippen molar-refractivity contribution >= 4 is 10.9 Å². The molecule has 0 atom stereocenters. The minimum atomic E-state index is -4.50. The van der Waals surface area contributed by atoms with E-state index in [1.807, 2.05) is 13.1 Å². The highest BCUT2D eigenvalue weighted by Gasteiger charge is 2.35. The Kier molecular flexibility index (Phi) is 3.79. The van der Waals surface area contributed by atoms with Crippen LogP contribution in [0.3, 0.4) is 0 Å². The van der Waals surface area contributed by atoms with Gasteiger partial charge in [0, 0.05) is 38.4 Å². The monoisotopic (exact) mass is 375 g/mol. The molecule has 4 rings (SSSR count). The first-order valence-electron chi connectivity index (χ1n) is 8.25. The van der Waals surface area contributed by atoms with Gasteiger partial charge in [0.25, 0.3) is 0 Å². The van der Waals surface area contributed by atoms with E-state index in [1.165, 1.54) is 4.68 Å². The molecule has 0 bridgehead atoms. The molecule has 0 saturated heterocycles. The number of rotatable bonds is 3. The predicted octanol–water partition coefficient (Wildman–Crippen LogP) is 3.27. The number of imidazole rings is 1. The molecule has 0 radical (unpaired) electrons. The molecule has 4 heterocycles. The van der Waals surface area contributed by atoms with Crippen molar-refractivity contribution in [2.24, 2.45) is 14.1 Å². The highest BCUT2D eigenvalue weighted by molar-refractivity contribution is 5.90. The van der Waals surface area contributed by atoms with Crippen molar-refractivity contribution in [3.8, 4) is 22.9 Å². The summed E-state index contributed by atoms with van der Waals surface area (Å²) in [6.07, 6.45) is 0.529. The Morgan fingerprint density at radius 1 is 1.19 bits per heavy atom. The minimum absolute atomic E-state index is 0.299. The van der Waals surface area contributed by atoms with Gasteiger partial charge in [-0.05, 0) is 19.1 Å². The molecule has 0 aromatic carbocycles. The van der Waals surface area contributed by atoms with E-state index in [1.54, 1.807) is 41.8 Å². The summed E-state index contributed by atoms with van der Waals surface area (Å²) in [6.45, 7) is 2.03. The maximum atomic E-state index is 13.0. The quantitative estimate of drug-likeness (QED) is 0.551. The molecule has 0 N–H and O–H groups in total. The lowest BCUT2D eigenvalue weighted by Crippen LogP contribution is -2.07. The number of hydrogen-bond donors (Lipinski definition) is 0. The number of fused-ring (bicyclic) bond motifs is 1. The van der Waals surface area contributed by atoms with Gasteiger partial charge in [-0.25, -0.2) is 4.98 Å². The average molecular weight is 375 g/mol. The van der Waals surface area contributed by atoms with Crippen LogP contribution in [0, 0.1) is 0 Å². The Hall–Kier alpha value is -3.17. The third kappa shape index (κ3) is 2.77. The molecule has 0 aliphatic carbocycles. The van der Waals surface area contributed by atoms with Crippen molar-refractivity contribution in [2.45, 2.75) is 19.6 Å². The molecular formula is C17H16F3N7. The maximum Gasteiger partial charge on any atom is 0.435 e. The van der Waals surface area contributed by atoms with Gasteiger partial charge in [-0.15, -0.1) is 0 Å². The highest BCUT2D eigenvalue weighted by atomic mass is 19.4. The van der Waals surface area contributed by atoms with Gasteiger partial charge < -0.3 is 4.57 Å². The SMILES string of the molecule is CCn1nc(C(F)(F)F)cc1-c1cn(C)c(-c2nccc3c2cnn3C)n1. The molecule has 0 aliphatic rings. The molecule has 0 amide bonds. The van der Waals surface area contributed by atoms with Gasteiger partial charge in [-0.3, -0.25) is 14.3 Å². The second kappa shape index (κ2) is 5.93. The fraction of sp³-hybridized carbons (Fsp3) is 0.294. The summed E-state index contributed by atoms with van der Waals surface area (Å²) in [5.41, 5.74) is 1.29. The second-order valence-electron chi connectivity index (χ2n) is 6.15. The molecule has 0 aliphatic heterocycles. The summed E-state index contributed by atoms with van der Waals surface area (Å²) in [4.78, 5) is 8.96. The van der Waals surface area contributed by atoms with Crippen LogP contribution in [0.25, 0.3) is 33.8 Å². The Labute approximate surface area is 152 Å². The molecule has 0 unspecified atom stereocenters. The van der Waals surface area contributed by atoms with Crippen molar-refractivity contribution in [1.82, 2.24) is 34.1 Å². The first kappa shape index (κ1) is 17.3. The smallest absolute Gasteiger partial charge is 0.332 e. The normalized spacial score (nSPS) is 12.2. The van der Waals surface area contributed by atoms with Gasteiger partial charge in [0.2, 0.25) is 0 Å². The molecule has 140 valence electrons. The summed E-state index contributed by atoms with van der Waals surface area (Å²) in [6, 6.07) is 2.87. The van der Waals surface area contributed by atoms with E-state index in [2.05, 4.69) is 20.2 Å². The Morgan fingerprint density at radius 3 is 2.67 bits per heavy atom. The van der Waals surface area contributed by atoms with Crippen LogP contribution >= 0.6 is 0 Å². The lowest BCUT2D eigenvalue weighted by molar-refractivity contribution is -0.141. The summed E-state index contributed by atoms with van der Waals surface area (Å²) < 4.78 is 43.9. The molecule has 4 aromatic heterocycles. The number of aryl methyl sites for hydroxylation is 3. The van der Waals surface area contributed by atoms with Gasteiger partial charge >= 0.3 is 6.18 Å². The standard InChI is InChI=1S/C17H16F3N7/c1-4-27-13(7-14(24-27)17(18,19)20)11-9-25(2)16(23-11)15-10-8-22-26(3)12(10)5-6-21-15/h5-9H,4H2,1-3H3. The number of nitrogens with zero attached hydrogens (tertiary/aromatic N) is 7. The zero-order valence-corrected chi connectivity index (χ0v) is 14.9. The molecule has 0 spiro atoms. The van der Waals surface area contributed by atoms with Crippen LogP contribution < -0.4 is 0 Å². The minimum Gasteiger partial charge on any atom is -0.332 e. The van der Waals surface area contributed by atoms with Crippen LogP contribution in [0.15, 0.2) is 30.7 Å². The van der Waals surface area contributed by atoms with Crippen LogP contribution in [0.1, 0.15) is 12.6 Å². The first-order valence-corrected chi connectivity index (χ1v) is 8.25. The molecular weight excluding hydrogens is 359 g/mol. The Morgan fingerprint density at radius 2 is 1.96 bits per heavy atom. The van der Waals surface area contributed by atoms with Crippen molar-refractivity contribution in [2.75, 3.05) is 0 Å². The topological polar surface area (TPSA) is 66.3 Å². The van der Waals surface area contributed by atoms with Crippen LogP contribution in [0.2, 0.25) is 0 Å². The number of alkyl halides is 3. The van der Waals surface area contributed by atoms with Crippen molar-refractivity contribution in [1.29, 1.82) is 0 Å². The third-order valence-electron chi connectivity index (χ3n) is 4.40. The number of pyridine rings is 1. The van der Waals surface area contributed by atoms with Crippen molar-refractivity contribution in [3.63, 3.8) is 0 Å². The summed E-state index contributed by atoms with van der Waals surface area (Å²) in [5.74, 6) is 0.543. The summed E-state index contributed by atoms with van der Waals surface area (Å²) in [7, 11) is 3.61. The fourth-order valence-electron chi connectivity index (χ4n) is 3.07. The van der Waals surface area contributed by atoms with E-state index in [0.29, 0.717) is 29.5 Å². The van der Waals surface area contributed by atoms with E-state index in [0.717, 1.165) is 17.0 Å². The van der Waals surface area contributed by atoms with Crippen molar-refractivity contribution in [3.05, 3.63) is 36.4 Å². The molecule has 10 heteroatoms. The zero-order valence-electron chi connectivity index (χ0n) is 14.9. The fourth-order valence-corrected chi connectivity index (χ4v) is 3.07. The van der Waals surface area contributed by atoms with Gasteiger partial charge in [0.15, 0.2) is 11.5 Å². The predicted molar refractivity (Wildman–Crippen MR) is 92.6 cm³/mol. The van der Waals surface area contributed by atoms with E-state index in [9.17, 15) is 13.2 Å². The first-order chi connectivity index (χ1) is 12.8. The van der Waals surface area contributed by atoms with Crippen LogP contribution in [0.5, 0.6) is 0 Å². The zero-order chi connectivity index (χ0) is 19.3. The van der Waals surface area contributed by atoms with Crippen molar-refractivity contribution < 1.29 is 13.2 Å². The van der Waals surface area contributed by atoms with E-state index < -0.39 is 11.9 Å². The summed E-state index contributed by atoms with van der Waals surface area (Å²) in [5, 5.41) is 8.71. The van der Waals surface area contributed by atoms with Crippen LogP contribution in [-0.2, 0) is 26.8 Å². The molecule has 0 fully saturated rings. The number of halogens is 3. The Balaban J connectivity index is 1.86. The lowest BCUT2D eigenvalue weighted by atomic mass is 10.2. The largest absolute Gasteiger partial charge is 0.435 e. The number of aromatic nitrogens is 7. The van der Waals surface area contributed by atoms with E-state index in [-0.39, 0.29) is 0 Å². The van der Waals surface area contributed by atoms with Gasteiger partial charge in [0.1, 0.15) is 11.4 Å². The van der Waals surface area contributed by atoms with E-state index >= 15 is 0 Å². The average Bonchev–Trinajstić information content (AvgIpc) is 3.31. The Bertz CT molecular complexity index is 1130. The molecule has 7 nitrogen and oxygen atoms in total.